The third-order valence-electron chi connectivity index (χ3n) is 6.45. The highest BCUT2D eigenvalue weighted by atomic mass is 35.5. The lowest BCUT2D eigenvalue weighted by atomic mass is 10.0. The molecule has 4 rings (SSSR count). The fourth-order valence-corrected chi connectivity index (χ4v) is 5.28. The number of nitrogens with zero attached hydrogens (tertiary/aromatic N) is 1. The van der Waals surface area contributed by atoms with Crippen LogP contribution in [0.3, 0.4) is 0 Å². The highest BCUT2D eigenvalue weighted by Gasteiger charge is 2.36. The molecule has 0 saturated carbocycles. The van der Waals surface area contributed by atoms with Gasteiger partial charge < -0.3 is 14.8 Å². The van der Waals surface area contributed by atoms with Gasteiger partial charge in [-0.1, -0.05) is 55.8 Å². The van der Waals surface area contributed by atoms with E-state index < -0.39 is 17.1 Å². The van der Waals surface area contributed by atoms with Crippen LogP contribution in [0.25, 0.3) is 6.08 Å². The Kier molecular flexibility index (Phi) is 10.5. The van der Waals surface area contributed by atoms with Crippen molar-refractivity contribution < 1.29 is 23.9 Å². The van der Waals surface area contributed by atoms with Gasteiger partial charge in [0.05, 0.1) is 11.5 Å². The monoisotopic (exact) mass is 604 g/mol. The van der Waals surface area contributed by atoms with E-state index in [1.807, 2.05) is 37.3 Å². The van der Waals surface area contributed by atoms with E-state index in [-0.39, 0.29) is 11.4 Å². The molecule has 3 amide bonds. The smallest absolute Gasteiger partial charge is 0.294 e. The van der Waals surface area contributed by atoms with E-state index in [9.17, 15) is 14.4 Å². The van der Waals surface area contributed by atoms with Gasteiger partial charge in [-0.05, 0) is 90.2 Å². The zero-order valence-corrected chi connectivity index (χ0v) is 25.4. The number of nitrogens with one attached hydrogen (secondary N) is 1. The number of hydrogen-bond donors (Lipinski definition) is 1. The minimum atomic E-state index is -0.526. The number of thioether (sulfide) groups is 1. The van der Waals surface area contributed by atoms with Crippen molar-refractivity contribution in [3.63, 3.8) is 0 Å². The van der Waals surface area contributed by atoms with Crippen molar-refractivity contribution in [3.8, 4) is 11.5 Å². The van der Waals surface area contributed by atoms with Crippen LogP contribution in [0.5, 0.6) is 11.5 Å². The number of carbonyl (C=O) groups excluding carboxylic acids is 3. The van der Waals surface area contributed by atoms with E-state index in [4.69, 9.17) is 21.1 Å². The number of halogens is 1. The number of allylic oxidation sites excluding steroid dienone is 1. The number of carbonyl (C=O) groups is 3. The van der Waals surface area contributed by atoms with Gasteiger partial charge >= 0.3 is 0 Å². The van der Waals surface area contributed by atoms with Crippen LogP contribution in [-0.2, 0) is 22.6 Å². The van der Waals surface area contributed by atoms with E-state index in [0.717, 1.165) is 33.4 Å². The second-order valence-corrected chi connectivity index (χ2v) is 11.4. The number of rotatable bonds is 12. The van der Waals surface area contributed by atoms with Crippen LogP contribution in [0, 0.1) is 0 Å². The van der Waals surface area contributed by atoms with Gasteiger partial charge in [0.15, 0.2) is 11.5 Å². The van der Waals surface area contributed by atoms with Crippen molar-refractivity contribution in [2.45, 2.75) is 39.7 Å². The Hall–Kier alpha value is -4.01. The van der Waals surface area contributed by atoms with E-state index in [1.165, 1.54) is 0 Å². The summed E-state index contributed by atoms with van der Waals surface area (Å²) in [6.45, 7) is 10.2. The lowest BCUT2D eigenvalue weighted by Crippen LogP contribution is -2.36. The van der Waals surface area contributed by atoms with Crippen LogP contribution in [0.1, 0.15) is 48.9 Å². The van der Waals surface area contributed by atoms with Gasteiger partial charge in [0.2, 0.25) is 5.91 Å². The summed E-state index contributed by atoms with van der Waals surface area (Å²) in [4.78, 5) is 39.7. The number of benzene rings is 3. The van der Waals surface area contributed by atoms with Crippen LogP contribution in [0.2, 0.25) is 5.02 Å². The highest BCUT2D eigenvalue weighted by Crippen LogP contribution is 2.38. The van der Waals surface area contributed by atoms with Crippen LogP contribution in [-0.4, -0.2) is 35.1 Å². The highest BCUT2D eigenvalue weighted by molar-refractivity contribution is 8.18. The Morgan fingerprint density at radius 2 is 1.79 bits per heavy atom. The quantitative estimate of drug-likeness (QED) is 0.167. The lowest BCUT2D eigenvalue weighted by molar-refractivity contribution is -0.127. The Balaban J connectivity index is 1.51. The number of amides is 3. The summed E-state index contributed by atoms with van der Waals surface area (Å²) in [6.07, 6.45) is 3.88. The molecule has 1 aliphatic rings. The molecular weight excluding hydrogens is 572 g/mol. The second-order valence-electron chi connectivity index (χ2n) is 9.94. The molecule has 9 heteroatoms. The molecule has 1 aliphatic heterocycles. The second kappa shape index (κ2) is 14.2. The van der Waals surface area contributed by atoms with Gasteiger partial charge in [0.25, 0.3) is 11.1 Å². The molecular formula is C33H33ClN2O5S. The number of anilines is 1. The van der Waals surface area contributed by atoms with Crippen molar-refractivity contribution >= 4 is 52.2 Å². The van der Waals surface area contributed by atoms with Gasteiger partial charge in [-0.2, -0.15) is 0 Å². The van der Waals surface area contributed by atoms with E-state index in [0.29, 0.717) is 53.3 Å². The molecule has 0 unspecified atom stereocenters. The van der Waals surface area contributed by atoms with Gasteiger partial charge in [0.1, 0.15) is 13.2 Å². The number of imide groups is 1. The molecule has 0 aromatic heterocycles. The third-order valence-corrected chi connectivity index (χ3v) is 7.61. The maximum absolute atomic E-state index is 13.2. The molecule has 218 valence electrons. The lowest BCUT2D eigenvalue weighted by Gasteiger charge is -2.17. The Morgan fingerprint density at radius 1 is 1.07 bits per heavy atom. The molecule has 1 N–H and O–H groups in total. The predicted molar refractivity (Wildman–Crippen MR) is 169 cm³/mol. The largest absolute Gasteiger partial charge is 0.490 e. The molecule has 1 saturated heterocycles. The molecule has 42 heavy (non-hydrogen) atoms. The normalized spacial score (nSPS) is 14.0. The molecule has 0 atom stereocenters. The van der Waals surface area contributed by atoms with Crippen molar-refractivity contribution in [1.82, 2.24) is 4.90 Å². The third kappa shape index (κ3) is 7.84. The van der Waals surface area contributed by atoms with Crippen LogP contribution < -0.4 is 14.8 Å². The van der Waals surface area contributed by atoms with Gasteiger partial charge in [-0.15, -0.1) is 6.58 Å². The molecule has 0 spiro atoms. The fraction of sp³-hybridized carbons (Fsp3) is 0.242. The Bertz CT molecular complexity index is 1500. The summed E-state index contributed by atoms with van der Waals surface area (Å²) in [5.74, 6) is 0.480. The average molecular weight is 605 g/mol. The van der Waals surface area contributed by atoms with Gasteiger partial charge in [0, 0.05) is 16.3 Å². The molecule has 3 aromatic rings. The first-order valence-electron chi connectivity index (χ1n) is 13.6. The first-order chi connectivity index (χ1) is 20.2. The number of hydrogen-bond acceptors (Lipinski definition) is 6. The van der Waals surface area contributed by atoms with E-state index in [2.05, 4.69) is 25.7 Å². The minimum absolute atomic E-state index is 0.218. The molecule has 3 aromatic carbocycles. The molecule has 0 aliphatic carbocycles. The first kappa shape index (κ1) is 30.9. The molecule has 1 fully saturated rings. The van der Waals surface area contributed by atoms with Gasteiger partial charge in [-0.25, -0.2) is 0 Å². The Labute approximate surface area is 255 Å². The summed E-state index contributed by atoms with van der Waals surface area (Å²) >= 11 is 6.80. The minimum Gasteiger partial charge on any atom is -0.490 e. The predicted octanol–water partition coefficient (Wildman–Crippen LogP) is 7.84. The van der Waals surface area contributed by atoms with E-state index in [1.54, 1.807) is 42.5 Å². The van der Waals surface area contributed by atoms with Crippen molar-refractivity contribution in [2.75, 3.05) is 18.5 Å². The van der Waals surface area contributed by atoms with Crippen LogP contribution >= 0.6 is 23.4 Å². The Morgan fingerprint density at radius 3 is 2.43 bits per heavy atom. The van der Waals surface area contributed by atoms with Crippen molar-refractivity contribution in [3.05, 3.63) is 106 Å². The van der Waals surface area contributed by atoms with Crippen molar-refractivity contribution in [1.29, 1.82) is 0 Å². The fourth-order valence-electron chi connectivity index (χ4n) is 4.32. The summed E-state index contributed by atoms with van der Waals surface area (Å²) in [7, 11) is 0. The molecule has 7 nitrogen and oxygen atoms in total. The zero-order chi connectivity index (χ0) is 30.2. The maximum Gasteiger partial charge on any atom is 0.294 e. The van der Waals surface area contributed by atoms with Crippen LogP contribution in [0.15, 0.2) is 78.2 Å². The average Bonchev–Trinajstić information content (AvgIpc) is 3.21. The first-order valence-corrected chi connectivity index (χ1v) is 14.8. The summed E-state index contributed by atoms with van der Waals surface area (Å²) in [6, 6.07) is 18.5. The van der Waals surface area contributed by atoms with E-state index >= 15 is 0 Å². The number of ether oxygens (including phenoxy) is 2. The SMILES string of the molecule is C=CCc1cc(/C=C2\SC(=O)N(CC(=O)Nc3ccc(C(C)C)cc3)C2=O)cc(OCC)c1OCc1ccc(Cl)cc1. The molecule has 0 bridgehead atoms. The van der Waals surface area contributed by atoms with Crippen LogP contribution in [0.4, 0.5) is 10.5 Å². The van der Waals surface area contributed by atoms with Gasteiger partial charge in [-0.3, -0.25) is 19.3 Å². The zero-order valence-electron chi connectivity index (χ0n) is 23.8. The van der Waals surface area contributed by atoms with Crippen molar-refractivity contribution in [2.24, 2.45) is 0 Å². The summed E-state index contributed by atoms with van der Waals surface area (Å²) in [5, 5.41) is 2.90. The summed E-state index contributed by atoms with van der Waals surface area (Å²) in [5.41, 5.74) is 4.17. The molecule has 0 radical (unpaired) electrons. The maximum atomic E-state index is 13.2. The topological polar surface area (TPSA) is 84.9 Å². The summed E-state index contributed by atoms with van der Waals surface area (Å²) < 4.78 is 12.1. The molecule has 1 heterocycles. The standard InChI is InChI=1S/C33H33ClN2O5S/c1-5-7-25-16-23(17-28(40-6-2)31(25)41-20-22-8-12-26(34)13-9-22)18-29-32(38)36(33(39)42-29)19-30(37)35-27-14-10-24(11-15-27)21(3)4/h5,8-18,21H,1,6-7,19-20H2,2-4H3,(H,35,37)/b29-18-.